The molecule has 0 aromatic carbocycles. The summed E-state index contributed by atoms with van der Waals surface area (Å²) in [5.41, 5.74) is 2.13. The van der Waals surface area contributed by atoms with E-state index < -0.39 is 0 Å². The van der Waals surface area contributed by atoms with Crippen molar-refractivity contribution in [3.05, 3.63) is 23.8 Å². The van der Waals surface area contributed by atoms with Crippen LogP contribution in [0.25, 0.3) is 0 Å². The third-order valence-corrected chi connectivity index (χ3v) is 4.40. The van der Waals surface area contributed by atoms with Crippen LogP contribution in [0.4, 0.5) is 0 Å². The fraction of sp³-hybridized carbons (Fsp3) is 0.714. The molecule has 4 heteroatoms. The van der Waals surface area contributed by atoms with Crippen LogP contribution in [0.15, 0.2) is 12.4 Å². The maximum absolute atomic E-state index is 4.47. The first-order valence-corrected chi connectivity index (χ1v) is 7.03. The first kappa shape index (κ1) is 12.1. The number of fused-ring (bicyclic) bond motifs is 1. The fourth-order valence-electron chi connectivity index (χ4n) is 3.52. The van der Waals surface area contributed by atoms with Crippen molar-refractivity contribution in [3.63, 3.8) is 0 Å². The van der Waals surface area contributed by atoms with Crippen LogP contribution < -0.4 is 5.32 Å². The van der Waals surface area contributed by atoms with Gasteiger partial charge in [0.05, 0.1) is 11.4 Å². The monoisotopic (exact) mass is 246 g/mol. The van der Waals surface area contributed by atoms with Gasteiger partial charge in [-0.25, -0.2) is 0 Å². The molecule has 2 aliphatic rings. The zero-order valence-corrected chi connectivity index (χ0v) is 11.3. The number of hydrogen-bond donors (Lipinski definition) is 1. The minimum Gasteiger partial charge on any atom is -0.304 e. The third-order valence-electron chi connectivity index (χ3n) is 4.40. The van der Waals surface area contributed by atoms with Crippen molar-refractivity contribution >= 4 is 0 Å². The van der Waals surface area contributed by atoms with Gasteiger partial charge in [0.1, 0.15) is 0 Å². The summed E-state index contributed by atoms with van der Waals surface area (Å²) in [5.74, 6) is 0. The minimum absolute atomic E-state index is 0.296. The Labute approximate surface area is 109 Å². The lowest BCUT2D eigenvalue weighted by Crippen LogP contribution is -2.40. The average Bonchev–Trinajstić information content (AvgIpc) is 2.94. The van der Waals surface area contributed by atoms with E-state index in [1.165, 1.54) is 32.4 Å². The van der Waals surface area contributed by atoms with E-state index in [4.69, 9.17) is 0 Å². The topological polar surface area (TPSA) is 41.1 Å². The van der Waals surface area contributed by atoms with Crippen molar-refractivity contribution in [2.45, 2.75) is 51.2 Å². The zero-order valence-electron chi connectivity index (χ0n) is 11.3. The van der Waals surface area contributed by atoms with Crippen LogP contribution in [0, 0.1) is 6.92 Å². The van der Waals surface area contributed by atoms with E-state index in [1.807, 2.05) is 6.92 Å². The molecule has 4 nitrogen and oxygen atoms in total. The van der Waals surface area contributed by atoms with Crippen molar-refractivity contribution in [1.82, 2.24) is 20.2 Å². The van der Waals surface area contributed by atoms with Crippen molar-refractivity contribution in [2.75, 3.05) is 13.1 Å². The number of hydrogen-bond acceptors (Lipinski definition) is 4. The second kappa shape index (κ2) is 4.94. The Balaban J connectivity index is 1.68. The molecule has 0 saturated carbocycles. The molecule has 0 amide bonds. The normalized spacial score (nSPS) is 29.4. The van der Waals surface area contributed by atoms with Crippen LogP contribution in [-0.4, -0.2) is 40.0 Å². The van der Waals surface area contributed by atoms with Gasteiger partial charge in [-0.3, -0.25) is 14.9 Å². The summed E-state index contributed by atoms with van der Waals surface area (Å²) in [6, 6.07) is 1.68. The first-order valence-electron chi connectivity index (χ1n) is 7.03. The van der Waals surface area contributed by atoms with Crippen LogP contribution in [-0.2, 0) is 0 Å². The lowest BCUT2D eigenvalue weighted by molar-refractivity contribution is 0.290. The van der Waals surface area contributed by atoms with E-state index in [0.717, 1.165) is 17.4 Å². The smallest absolute Gasteiger partial charge is 0.0782 e. The minimum atomic E-state index is 0.296. The van der Waals surface area contributed by atoms with Crippen molar-refractivity contribution in [3.8, 4) is 0 Å². The SMILES string of the molecule is Cc1nccnc1C(C)NC1CCN2CCCC12. The van der Waals surface area contributed by atoms with Crippen LogP contribution in [0.1, 0.15) is 43.6 Å². The van der Waals surface area contributed by atoms with Gasteiger partial charge in [-0.2, -0.15) is 0 Å². The molecule has 0 spiro atoms. The van der Waals surface area contributed by atoms with Gasteiger partial charge in [-0.1, -0.05) is 0 Å². The summed E-state index contributed by atoms with van der Waals surface area (Å²) >= 11 is 0. The van der Waals surface area contributed by atoms with Crippen LogP contribution in [0.5, 0.6) is 0 Å². The highest BCUT2D eigenvalue weighted by molar-refractivity contribution is 5.13. The average molecular weight is 246 g/mol. The second-order valence-electron chi connectivity index (χ2n) is 5.56. The Bertz CT molecular complexity index is 420. The maximum Gasteiger partial charge on any atom is 0.0782 e. The van der Waals surface area contributed by atoms with E-state index >= 15 is 0 Å². The third kappa shape index (κ3) is 2.15. The molecule has 0 aliphatic carbocycles. The van der Waals surface area contributed by atoms with E-state index in [2.05, 4.69) is 27.1 Å². The Morgan fingerprint density at radius 3 is 2.94 bits per heavy atom. The van der Waals surface area contributed by atoms with E-state index in [-0.39, 0.29) is 0 Å². The molecule has 3 unspecified atom stereocenters. The lowest BCUT2D eigenvalue weighted by Gasteiger charge is -2.25. The van der Waals surface area contributed by atoms with E-state index in [1.54, 1.807) is 12.4 Å². The van der Waals surface area contributed by atoms with E-state index in [0.29, 0.717) is 12.1 Å². The summed E-state index contributed by atoms with van der Waals surface area (Å²) in [6.07, 6.45) is 7.54. The number of nitrogens with zero attached hydrogens (tertiary/aromatic N) is 3. The molecular weight excluding hydrogens is 224 g/mol. The van der Waals surface area contributed by atoms with Gasteiger partial charge in [0.25, 0.3) is 0 Å². The largest absolute Gasteiger partial charge is 0.304 e. The van der Waals surface area contributed by atoms with Gasteiger partial charge in [0.15, 0.2) is 0 Å². The highest BCUT2D eigenvalue weighted by atomic mass is 15.2. The molecule has 0 radical (unpaired) electrons. The van der Waals surface area contributed by atoms with Gasteiger partial charge in [0.2, 0.25) is 0 Å². The summed E-state index contributed by atoms with van der Waals surface area (Å²) in [7, 11) is 0. The number of rotatable bonds is 3. The molecule has 2 fully saturated rings. The molecule has 1 aromatic rings. The Hall–Kier alpha value is -1.00. The summed E-state index contributed by atoms with van der Waals surface area (Å²) < 4.78 is 0. The molecular formula is C14H22N4. The van der Waals surface area contributed by atoms with Gasteiger partial charge in [-0.05, 0) is 39.7 Å². The quantitative estimate of drug-likeness (QED) is 0.881. The summed E-state index contributed by atoms with van der Waals surface area (Å²) in [5, 5.41) is 3.76. The molecule has 2 saturated heterocycles. The summed E-state index contributed by atoms with van der Waals surface area (Å²) in [6.45, 7) is 6.79. The highest BCUT2D eigenvalue weighted by Gasteiger charge is 2.37. The predicted molar refractivity (Wildman–Crippen MR) is 71.3 cm³/mol. The summed E-state index contributed by atoms with van der Waals surface area (Å²) in [4.78, 5) is 11.4. The molecule has 3 heterocycles. The molecule has 1 N–H and O–H groups in total. The Morgan fingerprint density at radius 2 is 2.11 bits per heavy atom. The van der Waals surface area contributed by atoms with Gasteiger partial charge in [-0.15, -0.1) is 0 Å². The van der Waals surface area contributed by atoms with Crippen molar-refractivity contribution in [1.29, 1.82) is 0 Å². The molecule has 3 rings (SSSR count). The van der Waals surface area contributed by atoms with Crippen molar-refractivity contribution in [2.24, 2.45) is 0 Å². The number of aryl methyl sites for hydroxylation is 1. The van der Waals surface area contributed by atoms with Gasteiger partial charge in [0, 0.05) is 37.1 Å². The van der Waals surface area contributed by atoms with Crippen molar-refractivity contribution < 1.29 is 0 Å². The van der Waals surface area contributed by atoms with Crippen LogP contribution in [0.2, 0.25) is 0 Å². The van der Waals surface area contributed by atoms with Crippen LogP contribution >= 0.6 is 0 Å². The standard InChI is InChI=1S/C14H22N4/c1-10-14(16-7-6-15-10)11(2)17-12-5-9-18-8-3-4-13(12)18/h6-7,11-13,17H,3-5,8-9H2,1-2H3. The Kier molecular flexibility index (Phi) is 3.31. The fourth-order valence-corrected chi connectivity index (χ4v) is 3.52. The van der Waals surface area contributed by atoms with Crippen LogP contribution in [0.3, 0.4) is 0 Å². The maximum atomic E-state index is 4.47. The molecule has 18 heavy (non-hydrogen) atoms. The highest BCUT2D eigenvalue weighted by Crippen LogP contribution is 2.29. The van der Waals surface area contributed by atoms with E-state index in [9.17, 15) is 0 Å². The molecule has 2 aliphatic heterocycles. The molecule has 0 bridgehead atoms. The van der Waals surface area contributed by atoms with Gasteiger partial charge >= 0.3 is 0 Å². The number of nitrogens with one attached hydrogen (secondary N) is 1. The molecule has 3 atom stereocenters. The molecule has 1 aromatic heterocycles. The molecule has 98 valence electrons. The predicted octanol–water partition coefficient (Wildman–Crippen LogP) is 1.67. The second-order valence-corrected chi connectivity index (χ2v) is 5.56. The number of aromatic nitrogens is 2. The Morgan fingerprint density at radius 1 is 1.28 bits per heavy atom. The lowest BCUT2D eigenvalue weighted by atomic mass is 10.0. The first-order chi connectivity index (χ1) is 8.75. The van der Waals surface area contributed by atoms with Gasteiger partial charge < -0.3 is 5.32 Å². The zero-order chi connectivity index (χ0) is 12.5.